The van der Waals surface area contributed by atoms with Crippen molar-refractivity contribution in [2.45, 2.75) is 0 Å². The average molecular weight is 394 g/mol. The van der Waals surface area contributed by atoms with Crippen LogP contribution in [0.4, 0.5) is 5.13 Å². The van der Waals surface area contributed by atoms with Crippen molar-refractivity contribution in [2.75, 3.05) is 0 Å². The molecule has 3 nitrogen and oxygen atoms in total. The van der Waals surface area contributed by atoms with Crippen LogP contribution in [0.1, 0.15) is 5.56 Å². The van der Waals surface area contributed by atoms with E-state index in [9.17, 15) is 5.11 Å². The maximum Gasteiger partial charge on any atom is 0.209 e. The molecule has 0 fully saturated rings. The molecule has 0 aliphatic rings. The molecule has 0 saturated heterocycles. The smallest absolute Gasteiger partial charge is 0.209 e. The minimum Gasteiger partial charge on any atom is -0.507 e. The summed E-state index contributed by atoms with van der Waals surface area (Å²) in [6, 6.07) is 12.7. The number of benzene rings is 2. The number of halogens is 2. The van der Waals surface area contributed by atoms with Gasteiger partial charge in [-0.05, 0) is 30.3 Å². The number of hydrogen-bond acceptors (Lipinski definition) is 4. The Morgan fingerprint density at radius 1 is 1.18 bits per heavy atom. The second-order valence-electron chi connectivity index (χ2n) is 4.48. The van der Waals surface area contributed by atoms with Crippen LogP contribution < -0.4 is 0 Å². The molecule has 0 aliphatic heterocycles. The van der Waals surface area contributed by atoms with E-state index in [0.29, 0.717) is 15.7 Å². The number of aliphatic imine (C=N–C) groups is 1. The van der Waals surface area contributed by atoms with Gasteiger partial charge in [-0.2, -0.15) is 0 Å². The van der Waals surface area contributed by atoms with E-state index in [1.165, 1.54) is 11.3 Å². The van der Waals surface area contributed by atoms with Gasteiger partial charge in [-0.15, -0.1) is 11.3 Å². The topological polar surface area (TPSA) is 45.5 Å². The van der Waals surface area contributed by atoms with Gasteiger partial charge in [0.25, 0.3) is 0 Å². The van der Waals surface area contributed by atoms with Gasteiger partial charge in [0, 0.05) is 32.2 Å². The fraction of sp³-hybridized carbons (Fsp3) is 0. The van der Waals surface area contributed by atoms with Crippen molar-refractivity contribution in [2.24, 2.45) is 4.99 Å². The Balaban J connectivity index is 1.83. The van der Waals surface area contributed by atoms with E-state index in [2.05, 4.69) is 25.9 Å². The lowest BCUT2D eigenvalue weighted by Gasteiger charge is -1.98. The summed E-state index contributed by atoms with van der Waals surface area (Å²) in [6.07, 6.45) is 1.60. The molecule has 6 heteroatoms. The molecule has 0 bridgehead atoms. The van der Waals surface area contributed by atoms with Crippen molar-refractivity contribution < 1.29 is 5.11 Å². The van der Waals surface area contributed by atoms with E-state index in [4.69, 9.17) is 11.6 Å². The summed E-state index contributed by atoms with van der Waals surface area (Å²) in [4.78, 5) is 8.78. The maximum atomic E-state index is 9.78. The molecule has 0 unspecified atom stereocenters. The van der Waals surface area contributed by atoms with Crippen molar-refractivity contribution >= 4 is 50.2 Å². The molecule has 0 atom stereocenters. The van der Waals surface area contributed by atoms with Crippen LogP contribution in [0.15, 0.2) is 57.3 Å². The molecule has 3 rings (SSSR count). The standard InChI is InChI=1S/C16H10BrClN2OS/c17-12-3-6-15(21)11(7-12)8-19-16-20-14(9-22-16)10-1-4-13(18)5-2-10/h1-9,21H/b19-8+. The van der Waals surface area contributed by atoms with Crippen molar-refractivity contribution in [3.63, 3.8) is 0 Å². The van der Waals surface area contributed by atoms with Crippen molar-refractivity contribution in [1.29, 1.82) is 0 Å². The van der Waals surface area contributed by atoms with Gasteiger partial charge in [0.2, 0.25) is 5.13 Å². The Labute approximate surface area is 145 Å². The molecule has 2 aromatic carbocycles. The van der Waals surface area contributed by atoms with Crippen LogP contribution in [-0.2, 0) is 0 Å². The lowest BCUT2D eigenvalue weighted by molar-refractivity contribution is 0.474. The van der Waals surface area contributed by atoms with E-state index >= 15 is 0 Å². The molecule has 1 heterocycles. The first-order chi connectivity index (χ1) is 10.6. The molecule has 0 radical (unpaired) electrons. The minimum atomic E-state index is 0.182. The van der Waals surface area contributed by atoms with Crippen molar-refractivity contribution in [1.82, 2.24) is 4.98 Å². The highest BCUT2D eigenvalue weighted by molar-refractivity contribution is 9.10. The number of phenolic OH excluding ortho intramolecular Hbond substituents is 1. The van der Waals surface area contributed by atoms with Crippen LogP contribution in [0.25, 0.3) is 11.3 Å². The second kappa shape index (κ2) is 6.60. The summed E-state index contributed by atoms with van der Waals surface area (Å²) >= 11 is 10.7. The summed E-state index contributed by atoms with van der Waals surface area (Å²) in [5.74, 6) is 0.182. The Kier molecular flexibility index (Phi) is 4.57. The summed E-state index contributed by atoms with van der Waals surface area (Å²) in [5, 5.41) is 13.0. The molecular formula is C16H10BrClN2OS. The average Bonchev–Trinajstić information content (AvgIpc) is 2.98. The third-order valence-electron chi connectivity index (χ3n) is 2.94. The largest absolute Gasteiger partial charge is 0.507 e. The molecule has 110 valence electrons. The lowest BCUT2D eigenvalue weighted by atomic mass is 10.2. The molecule has 0 spiro atoms. The van der Waals surface area contributed by atoms with E-state index in [1.54, 1.807) is 24.4 Å². The highest BCUT2D eigenvalue weighted by Crippen LogP contribution is 2.28. The van der Waals surface area contributed by atoms with Crippen LogP contribution in [0.3, 0.4) is 0 Å². The molecule has 0 amide bonds. The highest BCUT2D eigenvalue weighted by atomic mass is 79.9. The lowest BCUT2D eigenvalue weighted by Crippen LogP contribution is -1.82. The Bertz CT molecular complexity index is 830. The van der Waals surface area contributed by atoms with Crippen LogP contribution >= 0.6 is 38.9 Å². The van der Waals surface area contributed by atoms with Gasteiger partial charge in [0.05, 0.1) is 5.69 Å². The number of rotatable bonds is 3. The zero-order chi connectivity index (χ0) is 15.5. The molecule has 0 saturated carbocycles. The normalized spacial score (nSPS) is 11.2. The number of thiazole rings is 1. The zero-order valence-electron chi connectivity index (χ0n) is 11.2. The Hall–Kier alpha value is -1.69. The van der Waals surface area contributed by atoms with E-state index < -0.39 is 0 Å². The van der Waals surface area contributed by atoms with Crippen molar-refractivity contribution in [3.05, 3.63) is 62.9 Å². The molecule has 1 N–H and O–H groups in total. The molecule has 1 aromatic heterocycles. The first kappa shape index (κ1) is 15.2. The van der Waals surface area contributed by atoms with Gasteiger partial charge in [-0.3, -0.25) is 0 Å². The van der Waals surface area contributed by atoms with Gasteiger partial charge in [0.15, 0.2) is 0 Å². The SMILES string of the molecule is Oc1ccc(Br)cc1/C=N/c1nc(-c2ccc(Cl)cc2)cs1. The monoisotopic (exact) mass is 392 g/mol. The van der Waals surface area contributed by atoms with Gasteiger partial charge in [-0.25, -0.2) is 9.98 Å². The first-order valence-corrected chi connectivity index (χ1v) is 8.41. The number of nitrogens with zero attached hydrogens (tertiary/aromatic N) is 2. The first-order valence-electron chi connectivity index (χ1n) is 6.36. The fourth-order valence-electron chi connectivity index (χ4n) is 1.83. The number of aromatic hydroxyl groups is 1. The fourth-order valence-corrected chi connectivity index (χ4v) is 3.01. The number of hydrogen-bond donors (Lipinski definition) is 1. The molecule has 22 heavy (non-hydrogen) atoms. The summed E-state index contributed by atoms with van der Waals surface area (Å²) in [7, 11) is 0. The number of aromatic nitrogens is 1. The van der Waals surface area contributed by atoms with Crippen LogP contribution in [0.2, 0.25) is 5.02 Å². The van der Waals surface area contributed by atoms with Crippen molar-refractivity contribution in [3.8, 4) is 17.0 Å². The summed E-state index contributed by atoms with van der Waals surface area (Å²) < 4.78 is 0.882. The van der Waals surface area contributed by atoms with Crippen LogP contribution in [-0.4, -0.2) is 16.3 Å². The van der Waals surface area contributed by atoms with Gasteiger partial charge in [-0.1, -0.05) is 39.7 Å². The molecular weight excluding hydrogens is 384 g/mol. The van der Waals surface area contributed by atoms with E-state index in [0.717, 1.165) is 15.7 Å². The molecule has 3 aromatic rings. The summed E-state index contributed by atoms with van der Waals surface area (Å²) in [5.41, 5.74) is 2.48. The van der Waals surface area contributed by atoms with Crippen LogP contribution in [0.5, 0.6) is 5.75 Å². The predicted molar refractivity (Wildman–Crippen MR) is 95.6 cm³/mol. The quantitative estimate of drug-likeness (QED) is 0.582. The van der Waals surface area contributed by atoms with E-state index in [1.807, 2.05) is 29.6 Å². The van der Waals surface area contributed by atoms with Crippen LogP contribution in [0, 0.1) is 0 Å². The van der Waals surface area contributed by atoms with Gasteiger partial charge < -0.3 is 5.11 Å². The highest BCUT2D eigenvalue weighted by Gasteiger charge is 2.04. The third-order valence-corrected chi connectivity index (χ3v) is 4.43. The number of phenols is 1. The third kappa shape index (κ3) is 3.55. The second-order valence-corrected chi connectivity index (χ2v) is 6.67. The van der Waals surface area contributed by atoms with E-state index in [-0.39, 0.29) is 5.75 Å². The predicted octanol–water partition coefficient (Wildman–Crippen LogP) is 5.68. The Morgan fingerprint density at radius 3 is 2.73 bits per heavy atom. The molecule has 0 aliphatic carbocycles. The zero-order valence-corrected chi connectivity index (χ0v) is 14.4. The van der Waals surface area contributed by atoms with Gasteiger partial charge in [0.1, 0.15) is 5.75 Å². The van der Waals surface area contributed by atoms with Gasteiger partial charge >= 0.3 is 0 Å². The summed E-state index contributed by atoms with van der Waals surface area (Å²) in [6.45, 7) is 0. The Morgan fingerprint density at radius 2 is 1.95 bits per heavy atom. The maximum absolute atomic E-state index is 9.78. The minimum absolute atomic E-state index is 0.182.